The molecular weight excluding hydrogens is 188 g/mol. The van der Waals surface area contributed by atoms with Gasteiger partial charge in [-0.15, -0.1) is 0 Å². The Balaban J connectivity index is 2.03. The third-order valence-corrected chi connectivity index (χ3v) is 3.86. The van der Waals surface area contributed by atoms with Gasteiger partial charge in [0.2, 0.25) is 0 Å². The second-order valence-corrected chi connectivity index (χ2v) is 5.19. The molecule has 2 fully saturated rings. The fraction of sp³-hybridized carbons (Fsp3) is 1.00. The highest BCUT2D eigenvalue weighted by Gasteiger charge is 2.36. The van der Waals surface area contributed by atoms with Crippen LogP contribution < -0.4 is 5.32 Å². The molecule has 2 aliphatic heterocycles. The van der Waals surface area contributed by atoms with Gasteiger partial charge in [0.05, 0.1) is 6.10 Å². The Morgan fingerprint density at radius 2 is 2.20 bits per heavy atom. The monoisotopic (exact) mass is 212 g/mol. The van der Waals surface area contributed by atoms with Gasteiger partial charge in [-0.05, 0) is 19.3 Å². The zero-order valence-electron chi connectivity index (χ0n) is 10.2. The summed E-state index contributed by atoms with van der Waals surface area (Å²) in [4.78, 5) is 2.68. The molecule has 2 aliphatic rings. The van der Waals surface area contributed by atoms with E-state index in [1.807, 2.05) is 0 Å². The van der Waals surface area contributed by atoms with E-state index < -0.39 is 0 Å². The summed E-state index contributed by atoms with van der Waals surface area (Å²) in [6.07, 6.45) is 1.63. The Morgan fingerprint density at radius 3 is 2.80 bits per heavy atom. The highest BCUT2D eigenvalue weighted by Crippen LogP contribution is 2.25. The maximum Gasteiger partial charge on any atom is 0.0703 e. The van der Waals surface area contributed by atoms with Gasteiger partial charge in [0.25, 0.3) is 0 Å². The minimum atomic E-state index is 0.421. The molecule has 2 heterocycles. The minimum Gasteiger partial charge on any atom is -0.377 e. The van der Waals surface area contributed by atoms with Crippen LogP contribution in [0.3, 0.4) is 0 Å². The maximum absolute atomic E-state index is 5.68. The molecule has 1 N–H and O–H groups in total. The van der Waals surface area contributed by atoms with Gasteiger partial charge in [0, 0.05) is 38.3 Å². The standard InChI is InChI=1S/C12H24N2O/c1-9(2)12-8-13-5-6-14(12)11-4-7-15-10(11)3/h9-13H,4-8H2,1-3H3. The molecule has 2 rings (SSSR count). The lowest BCUT2D eigenvalue weighted by Crippen LogP contribution is -2.58. The molecule has 0 radical (unpaired) electrons. The first-order chi connectivity index (χ1) is 7.20. The second kappa shape index (κ2) is 4.81. The molecule has 0 aromatic carbocycles. The van der Waals surface area contributed by atoms with E-state index in [4.69, 9.17) is 4.74 Å². The van der Waals surface area contributed by atoms with Crippen molar-refractivity contribution in [2.75, 3.05) is 26.2 Å². The van der Waals surface area contributed by atoms with E-state index in [0.717, 1.165) is 25.6 Å². The van der Waals surface area contributed by atoms with E-state index in [9.17, 15) is 0 Å². The number of ether oxygens (including phenoxy) is 1. The van der Waals surface area contributed by atoms with Crippen molar-refractivity contribution in [1.82, 2.24) is 10.2 Å². The van der Waals surface area contributed by atoms with E-state index >= 15 is 0 Å². The molecule has 0 aromatic heterocycles. The van der Waals surface area contributed by atoms with Gasteiger partial charge in [0.15, 0.2) is 0 Å². The lowest BCUT2D eigenvalue weighted by Gasteiger charge is -2.43. The van der Waals surface area contributed by atoms with Crippen LogP contribution in [-0.4, -0.2) is 49.3 Å². The Bertz CT molecular complexity index is 206. The molecule has 88 valence electrons. The number of nitrogens with zero attached hydrogens (tertiary/aromatic N) is 1. The quantitative estimate of drug-likeness (QED) is 0.741. The van der Waals surface area contributed by atoms with Crippen LogP contribution >= 0.6 is 0 Å². The minimum absolute atomic E-state index is 0.421. The summed E-state index contributed by atoms with van der Waals surface area (Å²) in [6.45, 7) is 11.3. The molecule has 3 atom stereocenters. The summed E-state index contributed by atoms with van der Waals surface area (Å²) in [5, 5.41) is 3.50. The number of nitrogens with one attached hydrogen (secondary N) is 1. The Hall–Kier alpha value is -0.120. The first-order valence-corrected chi connectivity index (χ1v) is 6.28. The van der Waals surface area contributed by atoms with Crippen molar-refractivity contribution < 1.29 is 4.74 Å². The highest BCUT2D eigenvalue weighted by molar-refractivity contribution is 4.91. The number of rotatable bonds is 2. The van der Waals surface area contributed by atoms with Crippen molar-refractivity contribution in [1.29, 1.82) is 0 Å². The van der Waals surface area contributed by atoms with Gasteiger partial charge in [-0.2, -0.15) is 0 Å². The third-order valence-electron chi connectivity index (χ3n) is 3.86. The molecule has 0 bridgehead atoms. The van der Waals surface area contributed by atoms with Gasteiger partial charge in [-0.25, -0.2) is 0 Å². The summed E-state index contributed by atoms with van der Waals surface area (Å²) in [5.41, 5.74) is 0. The largest absolute Gasteiger partial charge is 0.377 e. The highest BCUT2D eigenvalue weighted by atomic mass is 16.5. The molecule has 0 amide bonds. The van der Waals surface area contributed by atoms with Crippen LogP contribution in [0.1, 0.15) is 27.2 Å². The fourth-order valence-corrected chi connectivity index (χ4v) is 2.93. The molecule has 2 saturated heterocycles. The maximum atomic E-state index is 5.68. The van der Waals surface area contributed by atoms with Crippen LogP contribution in [0.15, 0.2) is 0 Å². The average Bonchev–Trinajstić information content (AvgIpc) is 2.64. The first-order valence-electron chi connectivity index (χ1n) is 6.28. The average molecular weight is 212 g/mol. The Labute approximate surface area is 93.2 Å². The molecule has 3 unspecified atom stereocenters. The van der Waals surface area contributed by atoms with Gasteiger partial charge in [-0.3, -0.25) is 4.90 Å². The van der Waals surface area contributed by atoms with E-state index in [0.29, 0.717) is 18.2 Å². The van der Waals surface area contributed by atoms with E-state index in [1.54, 1.807) is 0 Å². The summed E-state index contributed by atoms with van der Waals surface area (Å²) >= 11 is 0. The van der Waals surface area contributed by atoms with Crippen LogP contribution in [0.4, 0.5) is 0 Å². The SMILES string of the molecule is CC(C)C1CNCCN1C1CCOC1C. The Kier molecular flexibility index (Phi) is 3.65. The lowest BCUT2D eigenvalue weighted by molar-refractivity contribution is 0.0289. The zero-order chi connectivity index (χ0) is 10.8. The molecule has 0 saturated carbocycles. The van der Waals surface area contributed by atoms with Gasteiger partial charge in [-0.1, -0.05) is 13.8 Å². The van der Waals surface area contributed by atoms with E-state index in [-0.39, 0.29) is 0 Å². The Morgan fingerprint density at radius 1 is 1.40 bits per heavy atom. The first kappa shape index (κ1) is 11.4. The summed E-state index contributed by atoms with van der Waals surface area (Å²) in [6, 6.07) is 1.34. The molecule has 0 spiro atoms. The van der Waals surface area contributed by atoms with Crippen LogP contribution in [-0.2, 0) is 4.74 Å². The molecular formula is C12H24N2O. The van der Waals surface area contributed by atoms with Gasteiger partial charge in [0.1, 0.15) is 0 Å². The second-order valence-electron chi connectivity index (χ2n) is 5.19. The molecule has 3 nitrogen and oxygen atoms in total. The number of piperazine rings is 1. The topological polar surface area (TPSA) is 24.5 Å². The normalized spacial score (nSPS) is 38.8. The summed E-state index contributed by atoms with van der Waals surface area (Å²) in [7, 11) is 0. The van der Waals surface area contributed by atoms with Gasteiger partial charge < -0.3 is 10.1 Å². The summed E-state index contributed by atoms with van der Waals surface area (Å²) < 4.78 is 5.68. The van der Waals surface area contributed by atoms with Crippen molar-refractivity contribution in [3.05, 3.63) is 0 Å². The third kappa shape index (κ3) is 2.35. The predicted octanol–water partition coefficient (Wildman–Crippen LogP) is 1.09. The van der Waals surface area contributed by atoms with Crippen molar-refractivity contribution in [2.24, 2.45) is 5.92 Å². The van der Waals surface area contributed by atoms with Crippen LogP contribution in [0, 0.1) is 5.92 Å². The molecule has 0 aromatic rings. The van der Waals surface area contributed by atoms with E-state index in [2.05, 4.69) is 31.0 Å². The van der Waals surface area contributed by atoms with Crippen molar-refractivity contribution >= 4 is 0 Å². The van der Waals surface area contributed by atoms with Crippen LogP contribution in [0.5, 0.6) is 0 Å². The van der Waals surface area contributed by atoms with Crippen molar-refractivity contribution in [3.63, 3.8) is 0 Å². The smallest absolute Gasteiger partial charge is 0.0703 e. The molecule has 15 heavy (non-hydrogen) atoms. The number of hydrogen-bond donors (Lipinski definition) is 1. The number of hydrogen-bond acceptors (Lipinski definition) is 3. The van der Waals surface area contributed by atoms with E-state index in [1.165, 1.54) is 13.0 Å². The fourth-order valence-electron chi connectivity index (χ4n) is 2.93. The lowest BCUT2D eigenvalue weighted by atomic mass is 9.96. The van der Waals surface area contributed by atoms with Crippen molar-refractivity contribution in [2.45, 2.75) is 45.4 Å². The molecule has 0 aliphatic carbocycles. The predicted molar refractivity (Wildman–Crippen MR) is 62.0 cm³/mol. The van der Waals surface area contributed by atoms with Crippen LogP contribution in [0.2, 0.25) is 0 Å². The van der Waals surface area contributed by atoms with Gasteiger partial charge >= 0.3 is 0 Å². The van der Waals surface area contributed by atoms with Crippen molar-refractivity contribution in [3.8, 4) is 0 Å². The molecule has 3 heteroatoms. The van der Waals surface area contributed by atoms with Crippen LogP contribution in [0.25, 0.3) is 0 Å². The summed E-state index contributed by atoms with van der Waals surface area (Å²) in [5.74, 6) is 0.727. The zero-order valence-corrected chi connectivity index (χ0v) is 10.2.